The summed E-state index contributed by atoms with van der Waals surface area (Å²) in [5.41, 5.74) is 2.94. The number of nitrogens with two attached hydrogens (primary N) is 1. The van der Waals surface area contributed by atoms with Crippen molar-refractivity contribution in [2.75, 3.05) is 0 Å². The van der Waals surface area contributed by atoms with Crippen molar-refractivity contribution in [3.05, 3.63) is 0 Å². The average Bonchev–Trinajstić information content (AvgIpc) is 2.11. The highest BCUT2D eigenvalue weighted by atomic mass is 15.2. The van der Waals surface area contributed by atoms with E-state index in [0.29, 0.717) is 17.9 Å². The van der Waals surface area contributed by atoms with Crippen molar-refractivity contribution in [1.29, 1.82) is 0 Å². The molecule has 0 radical (unpaired) electrons. The van der Waals surface area contributed by atoms with Gasteiger partial charge in [0.25, 0.3) is 0 Å². The van der Waals surface area contributed by atoms with Crippen LogP contribution in [-0.2, 0) is 0 Å². The smallest absolute Gasteiger partial charge is 0.0238 e. The molecule has 0 rings (SSSR count). The summed E-state index contributed by atoms with van der Waals surface area (Å²) in [5, 5.41) is 0. The van der Waals surface area contributed by atoms with Gasteiger partial charge in [-0.2, -0.15) is 0 Å². The van der Waals surface area contributed by atoms with Gasteiger partial charge in [0.1, 0.15) is 0 Å². The van der Waals surface area contributed by atoms with Crippen molar-refractivity contribution in [2.45, 2.75) is 59.4 Å². The monoisotopic (exact) mass is 186 g/mol. The first-order valence-corrected chi connectivity index (χ1v) is 5.59. The van der Waals surface area contributed by atoms with Gasteiger partial charge in [-0.1, -0.05) is 47.0 Å². The maximum absolute atomic E-state index is 5.54. The van der Waals surface area contributed by atoms with E-state index in [9.17, 15) is 0 Å². The molecule has 0 aliphatic heterocycles. The minimum atomic E-state index is 0.492. The van der Waals surface area contributed by atoms with E-state index in [1.807, 2.05) is 0 Å². The predicted molar refractivity (Wildman–Crippen MR) is 59.3 cm³/mol. The fourth-order valence-electron chi connectivity index (χ4n) is 1.58. The van der Waals surface area contributed by atoms with E-state index < -0.39 is 0 Å². The molecule has 3 N–H and O–H groups in total. The molecule has 0 aliphatic rings. The molecule has 0 aliphatic carbocycles. The Hall–Kier alpha value is -0.0800. The van der Waals surface area contributed by atoms with Crippen LogP contribution in [0.3, 0.4) is 0 Å². The lowest BCUT2D eigenvalue weighted by Gasteiger charge is -2.26. The van der Waals surface area contributed by atoms with Gasteiger partial charge >= 0.3 is 0 Å². The molecule has 2 unspecified atom stereocenters. The molecule has 0 amide bonds. The van der Waals surface area contributed by atoms with E-state index >= 15 is 0 Å². The fraction of sp³-hybridized carbons (Fsp3) is 1.00. The molecule has 0 fully saturated rings. The summed E-state index contributed by atoms with van der Waals surface area (Å²) in [6.07, 6.45) is 5.11. The molecular weight excluding hydrogens is 160 g/mol. The largest absolute Gasteiger partial charge is 0.271 e. The summed E-state index contributed by atoms with van der Waals surface area (Å²) >= 11 is 0. The molecule has 0 aromatic carbocycles. The number of unbranched alkanes of at least 4 members (excludes halogenated alkanes) is 2. The number of hydrogen-bond acceptors (Lipinski definition) is 2. The van der Waals surface area contributed by atoms with E-state index in [-0.39, 0.29) is 0 Å². The maximum Gasteiger partial charge on any atom is 0.0238 e. The number of hydrogen-bond donors (Lipinski definition) is 2. The van der Waals surface area contributed by atoms with Crippen molar-refractivity contribution >= 4 is 0 Å². The van der Waals surface area contributed by atoms with Gasteiger partial charge in [0.2, 0.25) is 0 Å². The van der Waals surface area contributed by atoms with E-state index in [2.05, 4.69) is 33.1 Å². The highest BCUT2D eigenvalue weighted by Crippen LogP contribution is 2.18. The second-order valence-corrected chi connectivity index (χ2v) is 4.37. The van der Waals surface area contributed by atoms with Gasteiger partial charge < -0.3 is 0 Å². The van der Waals surface area contributed by atoms with Crippen LogP contribution in [0.5, 0.6) is 0 Å². The Labute approximate surface area is 83.2 Å². The first-order chi connectivity index (χ1) is 6.13. The highest BCUT2D eigenvalue weighted by molar-refractivity contribution is 4.73. The molecule has 13 heavy (non-hydrogen) atoms. The SMILES string of the molecule is CCCCCC(NN)C(C)C(C)C. The van der Waals surface area contributed by atoms with Gasteiger partial charge in [-0.3, -0.25) is 11.3 Å². The number of hydrazine groups is 1. The van der Waals surface area contributed by atoms with Gasteiger partial charge in [0.15, 0.2) is 0 Å². The third kappa shape index (κ3) is 5.27. The Morgan fingerprint density at radius 2 is 1.77 bits per heavy atom. The molecule has 0 bridgehead atoms. The first kappa shape index (κ1) is 12.9. The Kier molecular flexibility index (Phi) is 7.29. The fourth-order valence-corrected chi connectivity index (χ4v) is 1.58. The maximum atomic E-state index is 5.54. The highest BCUT2D eigenvalue weighted by Gasteiger charge is 2.17. The van der Waals surface area contributed by atoms with Gasteiger partial charge in [-0.15, -0.1) is 0 Å². The van der Waals surface area contributed by atoms with Crippen molar-refractivity contribution in [3.8, 4) is 0 Å². The lowest BCUT2D eigenvalue weighted by molar-refractivity contribution is 0.282. The lowest BCUT2D eigenvalue weighted by atomic mass is 9.88. The summed E-state index contributed by atoms with van der Waals surface area (Å²) in [7, 11) is 0. The zero-order valence-corrected chi connectivity index (χ0v) is 9.64. The van der Waals surface area contributed by atoms with Crippen LogP contribution in [0.25, 0.3) is 0 Å². The Bertz CT molecular complexity index is 113. The van der Waals surface area contributed by atoms with Crippen LogP contribution in [0.15, 0.2) is 0 Å². The van der Waals surface area contributed by atoms with Crippen LogP contribution < -0.4 is 11.3 Å². The van der Waals surface area contributed by atoms with Crippen LogP contribution in [-0.4, -0.2) is 6.04 Å². The van der Waals surface area contributed by atoms with E-state index in [1.165, 1.54) is 25.7 Å². The molecule has 2 heteroatoms. The summed E-state index contributed by atoms with van der Waals surface area (Å²) in [4.78, 5) is 0. The molecule has 2 nitrogen and oxygen atoms in total. The number of rotatable bonds is 7. The third-order valence-corrected chi connectivity index (χ3v) is 3.02. The molecule has 0 saturated heterocycles. The Morgan fingerprint density at radius 3 is 2.15 bits per heavy atom. The van der Waals surface area contributed by atoms with Crippen LogP contribution in [0, 0.1) is 11.8 Å². The summed E-state index contributed by atoms with van der Waals surface area (Å²) < 4.78 is 0. The Morgan fingerprint density at radius 1 is 1.15 bits per heavy atom. The van der Waals surface area contributed by atoms with Crippen molar-refractivity contribution in [1.82, 2.24) is 5.43 Å². The normalized spacial score (nSPS) is 16.2. The topological polar surface area (TPSA) is 38.0 Å². The third-order valence-electron chi connectivity index (χ3n) is 3.02. The molecule has 0 aromatic heterocycles. The van der Waals surface area contributed by atoms with Crippen LogP contribution in [0.1, 0.15) is 53.4 Å². The van der Waals surface area contributed by atoms with Crippen molar-refractivity contribution in [3.63, 3.8) is 0 Å². The van der Waals surface area contributed by atoms with E-state index in [1.54, 1.807) is 0 Å². The van der Waals surface area contributed by atoms with Crippen LogP contribution >= 0.6 is 0 Å². The van der Waals surface area contributed by atoms with Gasteiger partial charge in [0, 0.05) is 6.04 Å². The quantitative estimate of drug-likeness (QED) is 0.364. The minimum absolute atomic E-state index is 0.492. The zero-order valence-electron chi connectivity index (χ0n) is 9.64. The molecular formula is C11H26N2. The molecule has 0 spiro atoms. The summed E-state index contributed by atoms with van der Waals surface area (Å²) in [5.74, 6) is 6.92. The molecule has 0 aromatic rings. The van der Waals surface area contributed by atoms with Gasteiger partial charge in [0.05, 0.1) is 0 Å². The molecule has 80 valence electrons. The van der Waals surface area contributed by atoms with Crippen LogP contribution in [0.2, 0.25) is 0 Å². The minimum Gasteiger partial charge on any atom is -0.271 e. The molecule has 2 atom stereocenters. The summed E-state index contributed by atoms with van der Waals surface area (Å²) in [6.45, 7) is 9.03. The lowest BCUT2D eigenvalue weighted by Crippen LogP contribution is -2.41. The first-order valence-electron chi connectivity index (χ1n) is 5.59. The number of nitrogens with one attached hydrogen (secondary N) is 1. The molecule has 0 saturated carbocycles. The molecule has 0 heterocycles. The van der Waals surface area contributed by atoms with Gasteiger partial charge in [-0.05, 0) is 18.3 Å². The van der Waals surface area contributed by atoms with E-state index in [0.717, 1.165) is 0 Å². The van der Waals surface area contributed by atoms with Crippen LogP contribution in [0.4, 0.5) is 0 Å². The van der Waals surface area contributed by atoms with Crippen molar-refractivity contribution < 1.29 is 0 Å². The second kappa shape index (κ2) is 7.34. The standard InChI is InChI=1S/C11H26N2/c1-5-6-7-8-11(13-12)10(4)9(2)3/h9-11,13H,5-8,12H2,1-4H3. The zero-order chi connectivity index (χ0) is 10.3. The Balaban J connectivity index is 3.73. The predicted octanol–water partition coefficient (Wildman–Crippen LogP) is 2.69. The average molecular weight is 186 g/mol. The van der Waals surface area contributed by atoms with Crippen molar-refractivity contribution in [2.24, 2.45) is 17.7 Å². The van der Waals surface area contributed by atoms with E-state index in [4.69, 9.17) is 5.84 Å². The van der Waals surface area contributed by atoms with Gasteiger partial charge in [-0.25, -0.2) is 0 Å². The summed E-state index contributed by atoms with van der Waals surface area (Å²) in [6, 6.07) is 0.492. The second-order valence-electron chi connectivity index (χ2n) is 4.37.